The minimum Gasteiger partial charge on any atom is -0.381 e. The summed E-state index contributed by atoms with van der Waals surface area (Å²) in [6, 6.07) is 0. The van der Waals surface area contributed by atoms with Crippen molar-refractivity contribution in [1.82, 2.24) is 0 Å². The summed E-state index contributed by atoms with van der Waals surface area (Å²) >= 11 is 0. The van der Waals surface area contributed by atoms with Gasteiger partial charge in [0.05, 0.1) is 12.4 Å². The molecular weight excluding hydrogens is 272 g/mol. The van der Waals surface area contributed by atoms with Crippen molar-refractivity contribution in [2.24, 2.45) is 11.3 Å². The molecular formula is C13H27ClO3S. The Kier molecular flexibility index (Phi) is 8.48. The summed E-state index contributed by atoms with van der Waals surface area (Å²) in [5.41, 5.74) is -0.320. The van der Waals surface area contributed by atoms with Crippen molar-refractivity contribution in [3.63, 3.8) is 0 Å². The maximum absolute atomic E-state index is 11.4. The Morgan fingerprint density at radius 2 is 1.67 bits per heavy atom. The van der Waals surface area contributed by atoms with Gasteiger partial charge in [0.1, 0.15) is 0 Å². The largest absolute Gasteiger partial charge is 0.381 e. The van der Waals surface area contributed by atoms with E-state index in [0.717, 1.165) is 25.7 Å². The summed E-state index contributed by atoms with van der Waals surface area (Å²) in [6.45, 7) is 9.44. The van der Waals surface area contributed by atoms with Crippen molar-refractivity contribution in [3.8, 4) is 0 Å². The predicted molar refractivity (Wildman–Crippen MR) is 77.5 cm³/mol. The summed E-state index contributed by atoms with van der Waals surface area (Å²) < 4.78 is 28.5. The first-order valence-corrected chi connectivity index (χ1v) is 9.22. The SMILES string of the molecule is CCCC(CCC)(COCC(C)C)CS(=O)(=O)Cl. The van der Waals surface area contributed by atoms with E-state index in [4.69, 9.17) is 15.4 Å². The highest BCUT2D eigenvalue weighted by Gasteiger charge is 2.33. The summed E-state index contributed by atoms with van der Waals surface area (Å²) in [5, 5.41) is 0. The van der Waals surface area contributed by atoms with E-state index < -0.39 is 9.05 Å². The minimum atomic E-state index is -3.48. The van der Waals surface area contributed by atoms with Crippen LogP contribution in [0.25, 0.3) is 0 Å². The number of rotatable bonds is 10. The number of hydrogen-bond acceptors (Lipinski definition) is 3. The average molecular weight is 299 g/mol. The van der Waals surface area contributed by atoms with Gasteiger partial charge >= 0.3 is 0 Å². The van der Waals surface area contributed by atoms with Gasteiger partial charge in [0.25, 0.3) is 0 Å². The fraction of sp³-hybridized carbons (Fsp3) is 1.00. The Balaban J connectivity index is 4.73. The van der Waals surface area contributed by atoms with E-state index in [2.05, 4.69) is 27.7 Å². The van der Waals surface area contributed by atoms with Crippen LogP contribution in [0.3, 0.4) is 0 Å². The van der Waals surface area contributed by atoms with Gasteiger partial charge in [-0.3, -0.25) is 0 Å². The molecule has 0 spiro atoms. The molecule has 5 heteroatoms. The zero-order valence-corrected chi connectivity index (χ0v) is 13.6. The molecule has 0 saturated heterocycles. The van der Waals surface area contributed by atoms with Crippen LogP contribution < -0.4 is 0 Å². The molecule has 0 N–H and O–H groups in total. The van der Waals surface area contributed by atoms with Crippen LogP contribution in [-0.2, 0) is 13.8 Å². The van der Waals surface area contributed by atoms with Crippen LogP contribution in [0.2, 0.25) is 0 Å². The third-order valence-electron chi connectivity index (χ3n) is 2.90. The Hall–Kier alpha value is 0.200. The highest BCUT2D eigenvalue weighted by atomic mass is 35.7. The summed E-state index contributed by atoms with van der Waals surface area (Å²) in [4.78, 5) is 0. The van der Waals surface area contributed by atoms with Gasteiger partial charge in [-0.1, -0.05) is 40.5 Å². The highest BCUT2D eigenvalue weighted by molar-refractivity contribution is 8.13. The predicted octanol–water partition coefficient (Wildman–Crippen LogP) is 3.81. The quantitative estimate of drug-likeness (QED) is 0.576. The molecule has 110 valence electrons. The Morgan fingerprint density at radius 1 is 1.17 bits per heavy atom. The fourth-order valence-electron chi connectivity index (χ4n) is 2.39. The molecule has 0 aliphatic rings. The first-order chi connectivity index (χ1) is 8.24. The van der Waals surface area contributed by atoms with E-state index >= 15 is 0 Å². The second kappa shape index (κ2) is 8.39. The molecule has 0 rings (SSSR count). The lowest BCUT2D eigenvalue weighted by Crippen LogP contribution is -2.34. The summed E-state index contributed by atoms with van der Waals surface area (Å²) in [5.74, 6) is 0.472. The van der Waals surface area contributed by atoms with Crippen molar-refractivity contribution < 1.29 is 13.2 Å². The lowest BCUT2D eigenvalue weighted by Gasteiger charge is -2.32. The molecule has 0 radical (unpaired) electrons. The summed E-state index contributed by atoms with van der Waals surface area (Å²) in [6.07, 6.45) is 3.56. The summed E-state index contributed by atoms with van der Waals surface area (Å²) in [7, 11) is 1.96. The first-order valence-electron chi connectivity index (χ1n) is 6.75. The lowest BCUT2D eigenvalue weighted by atomic mass is 9.82. The molecule has 0 aromatic rings. The van der Waals surface area contributed by atoms with Crippen LogP contribution >= 0.6 is 10.7 Å². The fourth-order valence-corrected chi connectivity index (χ4v) is 4.19. The normalized spacial score (nSPS) is 13.2. The van der Waals surface area contributed by atoms with Gasteiger partial charge < -0.3 is 4.74 Å². The van der Waals surface area contributed by atoms with Gasteiger partial charge in [-0.05, 0) is 18.8 Å². The molecule has 0 aromatic heterocycles. The van der Waals surface area contributed by atoms with E-state index in [0.29, 0.717) is 19.1 Å². The molecule has 0 heterocycles. The minimum absolute atomic E-state index is 0.0152. The molecule has 0 aromatic carbocycles. The van der Waals surface area contributed by atoms with Crippen molar-refractivity contribution in [3.05, 3.63) is 0 Å². The molecule has 0 saturated carbocycles. The smallest absolute Gasteiger partial charge is 0.233 e. The van der Waals surface area contributed by atoms with Crippen molar-refractivity contribution in [2.75, 3.05) is 19.0 Å². The standard InChI is InChI=1S/C13H27ClO3S/c1-5-7-13(8-6-2,11-18(14,15)16)10-17-9-12(3)4/h12H,5-11H2,1-4H3. The Morgan fingerprint density at radius 3 is 2.00 bits per heavy atom. The van der Waals surface area contributed by atoms with E-state index in [1.165, 1.54) is 0 Å². The molecule has 3 nitrogen and oxygen atoms in total. The molecule has 0 fully saturated rings. The van der Waals surface area contributed by atoms with Gasteiger partial charge in [0, 0.05) is 22.7 Å². The topological polar surface area (TPSA) is 43.4 Å². The van der Waals surface area contributed by atoms with Crippen LogP contribution in [0.1, 0.15) is 53.4 Å². The zero-order chi connectivity index (χ0) is 14.2. The molecule has 0 unspecified atom stereocenters. The van der Waals surface area contributed by atoms with Crippen LogP contribution in [0, 0.1) is 11.3 Å². The van der Waals surface area contributed by atoms with Gasteiger partial charge in [0.2, 0.25) is 9.05 Å². The molecule has 0 aliphatic carbocycles. The monoisotopic (exact) mass is 298 g/mol. The third-order valence-corrected chi connectivity index (χ3v) is 4.18. The number of hydrogen-bond donors (Lipinski definition) is 0. The average Bonchev–Trinajstić information content (AvgIpc) is 2.14. The highest BCUT2D eigenvalue weighted by Crippen LogP contribution is 2.33. The maximum atomic E-state index is 11.4. The van der Waals surface area contributed by atoms with Gasteiger partial charge in [-0.25, -0.2) is 8.42 Å². The molecule has 18 heavy (non-hydrogen) atoms. The zero-order valence-electron chi connectivity index (χ0n) is 12.0. The van der Waals surface area contributed by atoms with Crippen LogP contribution in [0.4, 0.5) is 0 Å². The van der Waals surface area contributed by atoms with Crippen LogP contribution in [-0.4, -0.2) is 27.4 Å². The van der Waals surface area contributed by atoms with Gasteiger partial charge in [-0.15, -0.1) is 0 Å². The van der Waals surface area contributed by atoms with E-state index in [-0.39, 0.29) is 11.2 Å². The van der Waals surface area contributed by atoms with Crippen molar-refractivity contribution >= 4 is 19.7 Å². The first kappa shape index (κ1) is 18.2. The lowest BCUT2D eigenvalue weighted by molar-refractivity contribution is 0.0306. The van der Waals surface area contributed by atoms with Gasteiger partial charge in [0.15, 0.2) is 0 Å². The molecule has 0 bridgehead atoms. The van der Waals surface area contributed by atoms with Crippen LogP contribution in [0.15, 0.2) is 0 Å². The number of halogens is 1. The van der Waals surface area contributed by atoms with E-state index in [9.17, 15) is 8.42 Å². The van der Waals surface area contributed by atoms with Crippen LogP contribution in [0.5, 0.6) is 0 Å². The molecule has 0 atom stereocenters. The maximum Gasteiger partial charge on any atom is 0.233 e. The van der Waals surface area contributed by atoms with Gasteiger partial charge in [-0.2, -0.15) is 0 Å². The number of ether oxygens (including phenoxy) is 1. The Labute approximate surface area is 117 Å². The molecule has 0 aliphatic heterocycles. The van der Waals surface area contributed by atoms with E-state index in [1.54, 1.807) is 0 Å². The molecule has 0 amide bonds. The van der Waals surface area contributed by atoms with Crippen molar-refractivity contribution in [1.29, 1.82) is 0 Å². The third kappa shape index (κ3) is 8.33. The Bertz CT molecular complexity index is 306. The van der Waals surface area contributed by atoms with E-state index in [1.807, 2.05) is 0 Å². The second-order valence-electron chi connectivity index (χ2n) is 5.59. The second-order valence-corrected chi connectivity index (χ2v) is 8.37. The van der Waals surface area contributed by atoms with Crippen molar-refractivity contribution in [2.45, 2.75) is 53.4 Å².